The summed E-state index contributed by atoms with van der Waals surface area (Å²) in [6.45, 7) is -0.887. The second-order valence-electron chi connectivity index (χ2n) is 7.67. The Labute approximate surface area is 216 Å². The predicted molar refractivity (Wildman–Crippen MR) is 139 cm³/mol. The van der Waals surface area contributed by atoms with Gasteiger partial charge in [-0.05, 0) is 54.6 Å². The second kappa shape index (κ2) is 10.7. The molecule has 0 radical (unpaired) electrons. The number of nitrogens with zero attached hydrogens (tertiary/aromatic N) is 3. The Hall–Kier alpha value is -3.44. The first-order chi connectivity index (χ1) is 17.2. The van der Waals surface area contributed by atoms with Gasteiger partial charge in [-0.3, -0.25) is 18.5 Å². The van der Waals surface area contributed by atoms with Crippen LogP contribution in [-0.2, 0) is 21.4 Å². The van der Waals surface area contributed by atoms with Crippen LogP contribution in [0, 0.1) is 0 Å². The maximum absolute atomic E-state index is 13.2. The van der Waals surface area contributed by atoms with Crippen molar-refractivity contribution in [2.24, 2.45) is 0 Å². The van der Waals surface area contributed by atoms with Gasteiger partial charge < -0.3 is 10.4 Å². The summed E-state index contributed by atoms with van der Waals surface area (Å²) >= 11 is 12.0. The SMILES string of the molecule is O=C(Cn1cnc2ccccc2c1=O)Nc1ccc(S(=O)(=O)N(CCO)c2ccc(Cl)c(Cl)c2)cc1. The van der Waals surface area contributed by atoms with Crippen LogP contribution in [0.15, 0.2) is 82.7 Å². The van der Waals surface area contributed by atoms with E-state index in [1.807, 2.05) is 0 Å². The third kappa shape index (κ3) is 5.36. The van der Waals surface area contributed by atoms with Crippen LogP contribution < -0.4 is 15.2 Å². The monoisotopic (exact) mass is 546 g/mol. The Balaban J connectivity index is 1.51. The molecule has 0 fully saturated rings. The van der Waals surface area contributed by atoms with Gasteiger partial charge in [0.25, 0.3) is 15.6 Å². The van der Waals surface area contributed by atoms with E-state index in [2.05, 4.69) is 10.3 Å². The standard InChI is InChI=1S/C24H20Cl2N4O5S/c25-20-10-7-17(13-21(20)26)30(11-12-31)36(34,35)18-8-5-16(6-9-18)28-23(32)14-29-15-27-22-4-2-1-3-19(22)24(29)33/h1-10,13,15,31H,11-12,14H2,(H,28,32). The molecule has 0 aliphatic carbocycles. The maximum atomic E-state index is 13.2. The number of aromatic nitrogens is 2. The van der Waals surface area contributed by atoms with E-state index in [1.165, 1.54) is 53.4 Å². The number of hydrogen-bond acceptors (Lipinski definition) is 6. The van der Waals surface area contributed by atoms with Crippen molar-refractivity contribution >= 4 is 61.4 Å². The fraction of sp³-hybridized carbons (Fsp3) is 0.125. The van der Waals surface area contributed by atoms with Crippen LogP contribution in [0.2, 0.25) is 10.0 Å². The fourth-order valence-electron chi connectivity index (χ4n) is 3.53. The van der Waals surface area contributed by atoms with Gasteiger partial charge in [0.05, 0.1) is 51.0 Å². The molecule has 0 atom stereocenters. The number of benzene rings is 3. The van der Waals surface area contributed by atoms with Gasteiger partial charge >= 0.3 is 0 Å². The summed E-state index contributed by atoms with van der Waals surface area (Å²) in [6, 6.07) is 16.7. The van der Waals surface area contributed by atoms with Gasteiger partial charge in [0.15, 0.2) is 0 Å². The van der Waals surface area contributed by atoms with Gasteiger partial charge in [-0.1, -0.05) is 35.3 Å². The normalized spacial score (nSPS) is 11.4. The molecule has 0 bridgehead atoms. The zero-order chi connectivity index (χ0) is 25.9. The van der Waals surface area contributed by atoms with Crippen LogP contribution in [0.5, 0.6) is 0 Å². The molecule has 1 heterocycles. The first-order valence-corrected chi connectivity index (χ1v) is 12.8. The van der Waals surface area contributed by atoms with Crippen molar-refractivity contribution in [3.63, 3.8) is 0 Å². The Bertz CT molecular complexity index is 1590. The minimum Gasteiger partial charge on any atom is -0.394 e. The van der Waals surface area contributed by atoms with Crippen LogP contribution in [-0.4, -0.2) is 42.1 Å². The Morgan fingerprint density at radius 3 is 2.44 bits per heavy atom. The lowest BCUT2D eigenvalue weighted by Crippen LogP contribution is -2.33. The second-order valence-corrected chi connectivity index (χ2v) is 10.3. The summed E-state index contributed by atoms with van der Waals surface area (Å²) in [5.74, 6) is -0.484. The highest BCUT2D eigenvalue weighted by Gasteiger charge is 2.25. The highest BCUT2D eigenvalue weighted by atomic mass is 35.5. The molecule has 1 aromatic heterocycles. The number of halogens is 2. The van der Waals surface area contributed by atoms with Crippen molar-refractivity contribution in [3.8, 4) is 0 Å². The van der Waals surface area contributed by atoms with Crippen molar-refractivity contribution in [2.75, 3.05) is 22.8 Å². The number of anilines is 2. The minimum absolute atomic E-state index is 0.0602. The van der Waals surface area contributed by atoms with Crippen molar-refractivity contribution in [3.05, 3.63) is 93.5 Å². The first kappa shape index (κ1) is 25.6. The quantitative estimate of drug-likeness (QED) is 0.348. The number of carbonyl (C=O) groups is 1. The summed E-state index contributed by atoms with van der Waals surface area (Å²) in [5, 5.41) is 12.9. The Morgan fingerprint density at radius 2 is 1.75 bits per heavy atom. The van der Waals surface area contributed by atoms with Gasteiger partial charge in [-0.25, -0.2) is 13.4 Å². The number of para-hydroxylation sites is 1. The molecular weight excluding hydrogens is 527 g/mol. The topological polar surface area (TPSA) is 122 Å². The lowest BCUT2D eigenvalue weighted by Gasteiger charge is -2.24. The average Bonchev–Trinajstić information content (AvgIpc) is 2.86. The highest BCUT2D eigenvalue weighted by molar-refractivity contribution is 7.92. The van der Waals surface area contributed by atoms with E-state index in [0.717, 1.165) is 4.31 Å². The fourth-order valence-corrected chi connectivity index (χ4v) is 5.27. The number of rotatable bonds is 8. The molecule has 36 heavy (non-hydrogen) atoms. The largest absolute Gasteiger partial charge is 0.394 e. The molecule has 0 aliphatic rings. The molecule has 0 spiro atoms. The first-order valence-electron chi connectivity index (χ1n) is 10.6. The van der Waals surface area contributed by atoms with E-state index in [1.54, 1.807) is 24.3 Å². The number of hydrogen-bond donors (Lipinski definition) is 2. The van der Waals surface area contributed by atoms with Crippen LogP contribution in [0.3, 0.4) is 0 Å². The molecule has 0 aliphatic heterocycles. The van der Waals surface area contributed by atoms with Crippen LogP contribution in [0.25, 0.3) is 10.9 Å². The van der Waals surface area contributed by atoms with Crippen LogP contribution in [0.1, 0.15) is 0 Å². The van der Waals surface area contributed by atoms with Gasteiger partial charge in [0.1, 0.15) is 6.54 Å². The number of sulfonamides is 1. The summed E-state index contributed by atoms with van der Waals surface area (Å²) in [4.78, 5) is 29.2. The molecule has 0 unspecified atom stereocenters. The van der Waals surface area contributed by atoms with Gasteiger partial charge in [0.2, 0.25) is 5.91 Å². The number of carbonyl (C=O) groups excluding carboxylic acids is 1. The molecule has 4 rings (SSSR count). The van der Waals surface area contributed by atoms with E-state index in [4.69, 9.17) is 23.2 Å². The summed E-state index contributed by atoms with van der Waals surface area (Å²) in [6.07, 6.45) is 1.30. The van der Waals surface area contributed by atoms with Crippen molar-refractivity contribution in [1.82, 2.24) is 9.55 Å². The zero-order valence-corrected chi connectivity index (χ0v) is 21.0. The summed E-state index contributed by atoms with van der Waals surface area (Å²) in [7, 11) is -4.06. The van der Waals surface area contributed by atoms with Crippen molar-refractivity contribution < 1.29 is 18.3 Å². The van der Waals surface area contributed by atoms with E-state index in [-0.39, 0.29) is 39.3 Å². The molecule has 186 valence electrons. The molecule has 12 heteroatoms. The number of aliphatic hydroxyl groups is 1. The number of nitrogens with one attached hydrogen (secondary N) is 1. The lowest BCUT2D eigenvalue weighted by atomic mass is 10.2. The third-order valence-electron chi connectivity index (χ3n) is 5.27. The highest BCUT2D eigenvalue weighted by Crippen LogP contribution is 2.30. The van der Waals surface area contributed by atoms with E-state index in [0.29, 0.717) is 16.6 Å². The van der Waals surface area contributed by atoms with Gasteiger partial charge in [-0.15, -0.1) is 0 Å². The average molecular weight is 547 g/mol. The number of fused-ring (bicyclic) bond motifs is 1. The van der Waals surface area contributed by atoms with Crippen LogP contribution >= 0.6 is 23.2 Å². The maximum Gasteiger partial charge on any atom is 0.264 e. The third-order valence-corrected chi connectivity index (χ3v) is 7.85. The number of aliphatic hydroxyl groups excluding tert-OH is 1. The minimum atomic E-state index is -4.06. The van der Waals surface area contributed by atoms with Gasteiger partial charge in [-0.2, -0.15) is 0 Å². The molecule has 0 saturated carbocycles. The summed E-state index contributed by atoms with van der Waals surface area (Å²) in [5.41, 5.74) is 0.768. The molecule has 4 aromatic rings. The van der Waals surface area contributed by atoms with E-state index >= 15 is 0 Å². The van der Waals surface area contributed by atoms with Crippen molar-refractivity contribution in [1.29, 1.82) is 0 Å². The Morgan fingerprint density at radius 1 is 1.03 bits per heavy atom. The van der Waals surface area contributed by atoms with Gasteiger partial charge in [0, 0.05) is 5.69 Å². The van der Waals surface area contributed by atoms with E-state index in [9.17, 15) is 23.1 Å². The number of amides is 1. The van der Waals surface area contributed by atoms with E-state index < -0.39 is 22.5 Å². The molecule has 2 N–H and O–H groups in total. The molecule has 9 nitrogen and oxygen atoms in total. The molecule has 0 saturated heterocycles. The molecule has 3 aromatic carbocycles. The zero-order valence-electron chi connectivity index (χ0n) is 18.6. The lowest BCUT2D eigenvalue weighted by molar-refractivity contribution is -0.116. The predicted octanol–water partition coefficient (Wildman–Crippen LogP) is 3.53. The summed E-state index contributed by atoms with van der Waals surface area (Å²) < 4.78 is 28.7. The smallest absolute Gasteiger partial charge is 0.264 e. The molecular formula is C24H20Cl2N4O5S. The van der Waals surface area contributed by atoms with Crippen LogP contribution in [0.4, 0.5) is 11.4 Å². The Kier molecular flexibility index (Phi) is 7.60. The van der Waals surface area contributed by atoms with Crippen molar-refractivity contribution in [2.45, 2.75) is 11.4 Å². The molecule has 1 amide bonds.